The molecule has 1 heteroatoms. The first kappa shape index (κ1) is 20.7. The minimum Gasteiger partial charge on any atom is -0.381 e. The second-order valence-electron chi connectivity index (χ2n) is 7.45. The Hall–Kier alpha value is -0.300. The van der Waals surface area contributed by atoms with Crippen molar-refractivity contribution in [2.45, 2.75) is 104 Å². The van der Waals surface area contributed by atoms with Crippen molar-refractivity contribution in [2.24, 2.45) is 11.8 Å². The first-order chi connectivity index (χ1) is 11.4. The van der Waals surface area contributed by atoms with E-state index < -0.39 is 0 Å². The Morgan fingerprint density at radius 3 is 2.00 bits per heavy atom. The summed E-state index contributed by atoms with van der Waals surface area (Å²) >= 11 is 0. The smallest absolute Gasteiger partial charge is 0.0500 e. The van der Waals surface area contributed by atoms with Crippen molar-refractivity contribution in [2.75, 3.05) is 13.2 Å². The molecule has 0 aromatic carbocycles. The van der Waals surface area contributed by atoms with Gasteiger partial charge in [-0.2, -0.15) is 0 Å². The lowest BCUT2D eigenvalue weighted by molar-refractivity contribution is 0.176. The molecule has 1 heterocycles. The topological polar surface area (TPSA) is 9.23 Å². The molecule has 0 aromatic rings. The van der Waals surface area contributed by atoms with Crippen molar-refractivity contribution >= 4 is 0 Å². The van der Waals surface area contributed by atoms with E-state index in [0.29, 0.717) is 0 Å². The van der Waals surface area contributed by atoms with Crippen LogP contribution in [0.15, 0.2) is 12.2 Å². The van der Waals surface area contributed by atoms with Crippen LogP contribution in [0.25, 0.3) is 0 Å². The molecule has 1 fully saturated rings. The highest BCUT2D eigenvalue weighted by Crippen LogP contribution is 2.28. The molecule has 0 aromatic heterocycles. The van der Waals surface area contributed by atoms with E-state index in [0.717, 1.165) is 25.0 Å². The molecular weight excluding hydrogens is 282 g/mol. The SMILES string of the molecule is CC/C=C/[C@H](CCCCCCCCCCCCC)C1C[13CH2]O[13CH2]1. The van der Waals surface area contributed by atoms with Gasteiger partial charge in [-0.05, 0) is 31.1 Å². The van der Waals surface area contributed by atoms with Crippen molar-refractivity contribution in [3.63, 3.8) is 0 Å². The van der Waals surface area contributed by atoms with Gasteiger partial charge in [-0.25, -0.2) is 0 Å². The van der Waals surface area contributed by atoms with Gasteiger partial charge >= 0.3 is 0 Å². The molecular formula is C22H42O. The molecule has 0 N–H and O–H groups in total. The molecule has 0 saturated carbocycles. The number of rotatable bonds is 15. The molecule has 0 radical (unpaired) electrons. The summed E-state index contributed by atoms with van der Waals surface area (Å²) in [5.74, 6) is 1.57. The lowest BCUT2D eigenvalue weighted by Crippen LogP contribution is -2.12. The van der Waals surface area contributed by atoms with E-state index >= 15 is 0 Å². The summed E-state index contributed by atoms with van der Waals surface area (Å²) < 4.78 is 5.59. The predicted molar refractivity (Wildman–Crippen MR) is 103 cm³/mol. The Morgan fingerprint density at radius 2 is 1.48 bits per heavy atom. The van der Waals surface area contributed by atoms with Crippen molar-refractivity contribution < 1.29 is 4.74 Å². The third-order valence-corrected chi connectivity index (χ3v) is 5.33. The van der Waals surface area contributed by atoms with Gasteiger partial charge in [-0.15, -0.1) is 0 Å². The van der Waals surface area contributed by atoms with Gasteiger partial charge < -0.3 is 4.74 Å². The number of hydrogen-bond acceptors (Lipinski definition) is 1. The Morgan fingerprint density at radius 1 is 0.870 bits per heavy atom. The van der Waals surface area contributed by atoms with Crippen LogP contribution in [0.4, 0.5) is 0 Å². The molecule has 0 spiro atoms. The summed E-state index contributed by atoms with van der Waals surface area (Å²) in [4.78, 5) is 0. The van der Waals surface area contributed by atoms with Crippen LogP contribution >= 0.6 is 0 Å². The maximum absolute atomic E-state index is 5.59. The zero-order valence-corrected chi connectivity index (χ0v) is 16.0. The molecule has 0 aliphatic carbocycles. The second-order valence-corrected chi connectivity index (χ2v) is 7.45. The highest BCUT2D eigenvalue weighted by molar-refractivity contribution is 4.92. The van der Waals surface area contributed by atoms with Gasteiger partial charge in [0.05, 0.1) is 6.61 Å². The molecule has 1 aliphatic rings. The molecule has 1 aliphatic heterocycles. The molecule has 0 bridgehead atoms. The van der Waals surface area contributed by atoms with E-state index in [9.17, 15) is 0 Å². The van der Waals surface area contributed by atoms with Crippen LogP contribution < -0.4 is 0 Å². The second kappa shape index (κ2) is 15.2. The third-order valence-electron chi connectivity index (χ3n) is 5.33. The maximum Gasteiger partial charge on any atom is 0.0500 e. The average Bonchev–Trinajstić information content (AvgIpc) is 3.09. The maximum atomic E-state index is 5.59. The standard InChI is InChI=1S/C22H42O/c1-3-5-7-8-9-10-11-12-13-14-15-17-21(16-6-4-2)22-18-19-23-20-22/h6,16,21-22H,3-5,7-15,17-20H2,1-2H3/b16-6+/t21-,22?/m1/s1/i19+1,20+1. The quantitative estimate of drug-likeness (QED) is 0.174. The van der Waals surface area contributed by atoms with E-state index in [2.05, 4.69) is 26.0 Å². The fraction of sp³-hybridized carbons (Fsp3) is 0.909. The van der Waals surface area contributed by atoms with Crippen molar-refractivity contribution in [3.05, 3.63) is 12.2 Å². The molecule has 1 rings (SSSR count). The first-order valence-electron chi connectivity index (χ1n) is 10.6. The van der Waals surface area contributed by atoms with Crippen LogP contribution in [-0.4, -0.2) is 13.2 Å². The minimum atomic E-state index is 0.774. The van der Waals surface area contributed by atoms with Crippen molar-refractivity contribution in [1.29, 1.82) is 0 Å². The van der Waals surface area contributed by atoms with Gasteiger partial charge in [-0.1, -0.05) is 96.6 Å². The zero-order chi connectivity index (χ0) is 16.6. The number of unbranched alkanes of at least 4 members (excludes halogenated alkanes) is 10. The fourth-order valence-corrected chi connectivity index (χ4v) is 3.73. The Labute approximate surface area is 146 Å². The summed E-state index contributed by atoms with van der Waals surface area (Å²) in [7, 11) is 0. The Bertz CT molecular complexity index is 265. The van der Waals surface area contributed by atoms with Gasteiger partial charge in [0.1, 0.15) is 0 Å². The van der Waals surface area contributed by atoms with E-state index in [-0.39, 0.29) is 0 Å². The average molecular weight is 325 g/mol. The van der Waals surface area contributed by atoms with Crippen LogP contribution in [0.1, 0.15) is 104 Å². The first-order valence-corrected chi connectivity index (χ1v) is 10.6. The summed E-state index contributed by atoms with van der Waals surface area (Å²) in [6, 6.07) is 0. The number of ether oxygens (including phenoxy) is 1. The van der Waals surface area contributed by atoms with E-state index in [1.165, 1.54) is 89.9 Å². The molecule has 1 saturated heterocycles. The van der Waals surface area contributed by atoms with Gasteiger partial charge in [0.2, 0.25) is 0 Å². The highest BCUT2D eigenvalue weighted by Gasteiger charge is 2.23. The molecule has 2 atom stereocenters. The van der Waals surface area contributed by atoms with Crippen molar-refractivity contribution in [3.8, 4) is 0 Å². The van der Waals surface area contributed by atoms with Crippen LogP contribution in [0, 0.1) is 11.8 Å². The summed E-state index contributed by atoms with van der Waals surface area (Å²) in [5.41, 5.74) is 0. The molecule has 0 amide bonds. The Kier molecular flexibility index (Phi) is 13.7. The number of hydrogen-bond donors (Lipinski definition) is 0. The molecule has 23 heavy (non-hydrogen) atoms. The third kappa shape index (κ3) is 11.0. The van der Waals surface area contributed by atoms with E-state index in [1.54, 1.807) is 0 Å². The van der Waals surface area contributed by atoms with Crippen LogP contribution in [-0.2, 0) is 4.74 Å². The molecule has 1 unspecified atom stereocenters. The fourth-order valence-electron chi connectivity index (χ4n) is 3.73. The van der Waals surface area contributed by atoms with Gasteiger partial charge in [0, 0.05) is 6.61 Å². The van der Waals surface area contributed by atoms with Crippen LogP contribution in [0.3, 0.4) is 0 Å². The molecule has 1 nitrogen and oxygen atoms in total. The van der Waals surface area contributed by atoms with Gasteiger partial charge in [0.15, 0.2) is 0 Å². The van der Waals surface area contributed by atoms with E-state index in [4.69, 9.17) is 4.74 Å². The largest absolute Gasteiger partial charge is 0.381 e. The van der Waals surface area contributed by atoms with Crippen LogP contribution in [0.5, 0.6) is 0 Å². The molecule has 136 valence electrons. The highest BCUT2D eigenvalue weighted by atomic mass is 16.6. The van der Waals surface area contributed by atoms with Crippen molar-refractivity contribution in [1.82, 2.24) is 0 Å². The van der Waals surface area contributed by atoms with E-state index in [1.807, 2.05) is 0 Å². The summed E-state index contributed by atoms with van der Waals surface area (Å²) in [6.45, 7) is 6.51. The lowest BCUT2D eigenvalue weighted by atomic mass is 9.91. The van der Waals surface area contributed by atoms with Gasteiger partial charge in [-0.3, -0.25) is 0 Å². The predicted octanol–water partition coefficient (Wildman–Crippen LogP) is 7.31. The van der Waals surface area contributed by atoms with Crippen LogP contribution in [0.2, 0.25) is 0 Å². The summed E-state index contributed by atoms with van der Waals surface area (Å²) in [5, 5.41) is 0. The zero-order valence-electron chi connectivity index (χ0n) is 16.0. The Balaban J connectivity index is 1.96. The number of allylic oxidation sites excluding steroid dienone is 2. The monoisotopic (exact) mass is 324 g/mol. The van der Waals surface area contributed by atoms with Gasteiger partial charge in [0.25, 0.3) is 0 Å². The minimum absolute atomic E-state index is 0.774. The normalized spacial score (nSPS) is 19.7. The summed E-state index contributed by atoms with van der Waals surface area (Å²) in [6.07, 6.45) is 24.5. The lowest BCUT2D eigenvalue weighted by Gasteiger charge is -2.18.